The molecule has 0 saturated carbocycles. The van der Waals surface area contributed by atoms with Gasteiger partial charge < -0.3 is 15.2 Å². The van der Waals surface area contributed by atoms with Crippen LogP contribution in [0.5, 0.6) is 5.75 Å². The highest BCUT2D eigenvalue weighted by Gasteiger charge is 2.21. The Morgan fingerprint density at radius 3 is 2.42 bits per heavy atom. The minimum absolute atomic E-state index is 0.0467. The van der Waals surface area contributed by atoms with E-state index in [1.165, 1.54) is 11.3 Å². The maximum absolute atomic E-state index is 12.1. The van der Waals surface area contributed by atoms with Gasteiger partial charge in [0.15, 0.2) is 6.61 Å². The van der Waals surface area contributed by atoms with E-state index in [1.807, 2.05) is 6.07 Å². The van der Waals surface area contributed by atoms with Crippen molar-refractivity contribution in [3.63, 3.8) is 0 Å². The first-order valence-corrected chi connectivity index (χ1v) is 8.89. The standard InChI is InChI=1S/C19H14ClNO4S/c20-13-8-6-12(7-9-13)18-17(19(23)24)15(11-26-18)21-16(22)10-25-14-4-2-1-3-5-14/h1-9,11H,10H2,(H,21,22)(H,23,24). The van der Waals surface area contributed by atoms with Gasteiger partial charge in [0, 0.05) is 10.4 Å². The zero-order chi connectivity index (χ0) is 18.5. The number of carbonyl (C=O) groups is 2. The van der Waals surface area contributed by atoms with Crippen molar-refractivity contribution in [3.8, 4) is 16.2 Å². The van der Waals surface area contributed by atoms with Crippen LogP contribution in [0.3, 0.4) is 0 Å². The molecule has 26 heavy (non-hydrogen) atoms. The van der Waals surface area contributed by atoms with Crippen LogP contribution in [0, 0.1) is 0 Å². The molecule has 0 bridgehead atoms. The first kappa shape index (κ1) is 18.0. The third-order valence-electron chi connectivity index (χ3n) is 3.50. The van der Waals surface area contributed by atoms with E-state index in [4.69, 9.17) is 16.3 Å². The maximum atomic E-state index is 12.1. The number of carboxylic acid groups (broad SMARTS) is 1. The summed E-state index contributed by atoms with van der Waals surface area (Å²) in [5, 5.41) is 14.3. The lowest BCUT2D eigenvalue weighted by atomic mass is 10.1. The van der Waals surface area contributed by atoms with Gasteiger partial charge in [-0.15, -0.1) is 11.3 Å². The van der Waals surface area contributed by atoms with E-state index in [0.29, 0.717) is 15.6 Å². The van der Waals surface area contributed by atoms with Crippen LogP contribution in [0.25, 0.3) is 10.4 Å². The summed E-state index contributed by atoms with van der Waals surface area (Å²) in [5.74, 6) is -0.986. The predicted octanol–water partition coefficient (Wildman–Crippen LogP) is 4.78. The average molecular weight is 388 g/mol. The van der Waals surface area contributed by atoms with Crippen molar-refractivity contribution in [1.82, 2.24) is 0 Å². The lowest BCUT2D eigenvalue weighted by Gasteiger charge is -2.08. The van der Waals surface area contributed by atoms with Crippen molar-refractivity contribution in [3.05, 3.63) is 70.6 Å². The number of ether oxygens (including phenoxy) is 1. The number of anilines is 1. The fourth-order valence-electron chi connectivity index (χ4n) is 2.33. The van der Waals surface area contributed by atoms with Gasteiger partial charge in [0.25, 0.3) is 5.91 Å². The lowest BCUT2D eigenvalue weighted by molar-refractivity contribution is -0.118. The molecule has 5 nitrogen and oxygen atoms in total. The molecule has 0 aliphatic carbocycles. The Kier molecular flexibility index (Phi) is 5.55. The lowest BCUT2D eigenvalue weighted by Crippen LogP contribution is -2.21. The van der Waals surface area contributed by atoms with Crippen molar-refractivity contribution in [2.24, 2.45) is 0 Å². The summed E-state index contributed by atoms with van der Waals surface area (Å²) in [6, 6.07) is 15.8. The normalized spacial score (nSPS) is 10.3. The highest BCUT2D eigenvalue weighted by molar-refractivity contribution is 7.14. The molecule has 7 heteroatoms. The van der Waals surface area contributed by atoms with E-state index >= 15 is 0 Å². The molecule has 3 rings (SSSR count). The molecule has 0 radical (unpaired) electrons. The van der Waals surface area contributed by atoms with Gasteiger partial charge in [-0.05, 0) is 29.8 Å². The Balaban J connectivity index is 1.76. The van der Waals surface area contributed by atoms with Crippen LogP contribution < -0.4 is 10.1 Å². The molecule has 0 unspecified atom stereocenters. The Hall–Kier alpha value is -2.83. The topological polar surface area (TPSA) is 75.6 Å². The summed E-state index contributed by atoms with van der Waals surface area (Å²) >= 11 is 7.12. The molecular weight excluding hydrogens is 374 g/mol. The number of carboxylic acids is 1. The van der Waals surface area contributed by atoms with Crippen LogP contribution in [0.1, 0.15) is 10.4 Å². The van der Waals surface area contributed by atoms with Crippen LogP contribution in [0.4, 0.5) is 5.69 Å². The van der Waals surface area contributed by atoms with Gasteiger partial charge >= 0.3 is 5.97 Å². The highest BCUT2D eigenvalue weighted by atomic mass is 35.5. The molecule has 3 aromatic rings. The van der Waals surface area contributed by atoms with Crippen molar-refractivity contribution in [1.29, 1.82) is 0 Å². The number of benzene rings is 2. The molecule has 0 atom stereocenters. The molecular formula is C19H14ClNO4S. The van der Waals surface area contributed by atoms with Crippen molar-refractivity contribution < 1.29 is 19.4 Å². The third-order valence-corrected chi connectivity index (χ3v) is 4.78. The zero-order valence-electron chi connectivity index (χ0n) is 13.4. The molecule has 0 fully saturated rings. The van der Waals surface area contributed by atoms with E-state index in [9.17, 15) is 14.7 Å². The summed E-state index contributed by atoms with van der Waals surface area (Å²) in [6.45, 7) is -0.213. The molecule has 2 N–H and O–H groups in total. The number of halogens is 1. The van der Waals surface area contributed by atoms with Gasteiger partial charge in [0.2, 0.25) is 0 Å². The Bertz CT molecular complexity index is 922. The number of rotatable bonds is 6. The molecule has 1 amide bonds. The van der Waals surface area contributed by atoms with Crippen LogP contribution >= 0.6 is 22.9 Å². The number of amides is 1. The first-order chi connectivity index (χ1) is 12.5. The van der Waals surface area contributed by atoms with Crippen LogP contribution in [0.2, 0.25) is 5.02 Å². The van der Waals surface area contributed by atoms with Crippen LogP contribution in [-0.4, -0.2) is 23.6 Å². The Morgan fingerprint density at radius 2 is 1.77 bits per heavy atom. The zero-order valence-corrected chi connectivity index (χ0v) is 15.0. The number of nitrogens with one attached hydrogen (secondary N) is 1. The average Bonchev–Trinajstić information content (AvgIpc) is 3.05. The number of para-hydroxylation sites is 1. The Labute approximate surface area is 158 Å². The molecule has 2 aromatic carbocycles. The van der Waals surface area contributed by atoms with Crippen LogP contribution in [-0.2, 0) is 4.79 Å². The third kappa shape index (κ3) is 4.22. The van der Waals surface area contributed by atoms with E-state index in [1.54, 1.807) is 53.9 Å². The molecule has 0 spiro atoms. The van der Waals surface area contributed by atoms with Crippen LogP contribution in [0.15, 0.2) is 60.0 Å². The Morgan fingerprint density at radius 1 is 1.08 bits per heavy atom. The fraction of sp³-hybridized carbons (Fsp3) is 0.0526. The number of aromatic carboxylic acids is 1. The van der Waals surface area contributed by atoms with Gasteiger partial charge in [0.05, 0.1) is 10.6 Å². The number of thiophene rings is 1. The molecule has 1 heterocycles. The first-order valence-electron chi connectivity index (χ1n) is 7.63. The van der Waals surface area contributed by atoms with Gasteiger partial charge in [0.1, 0.15) is 11.3 Å². The fourth-order valence-corrected chi connectivity index (χ4v) is 3.45. The van der Waals surface area contributed by atoms with E-state index in [-0.39, 0.29) is 17.9 Å². The van der Waals surface area contributed by atoms with E-state index in [0.717, 1.165) is 5.56 Å². The smallest absolute Gasteiger partial charge is 0.339 e. The second kappa shape index (κ2) is 8.03. The number of hydrogen-bond acceptors (Lipinski definition) is 4. The quantitative estimate of drug-likeness (QED) is 0.638. The van der Waals surface area contributed by atoms with Gasteiger partial charge in [-0.2, -0.15) is 0 Å². The van der Waals surface area contributed by atoms with Gasteiger partial charge in [-0.3, -0.25) is 4.79 Å². The molecule has 132 valence electrons. The summed E-state index contributed by atoms with van der Waals surface area (Å²) in [5.41, 5.74) is 1.01. The molecule has 0 saturated heterocycles. The van der Waals surface area contributed by atoms with E-state index in [2.05, 4.69) is 5.32 Å². The largest absolute Gasteiger partial charge is 0.484 e. The van der Waals surface area contributed by atoms with Crippen molar-refractivity contribution in [2.75, 3.05) is 11.9 Å². The number of hydrogen-bond donors (Lipinski definition) is 2. The monoisotopic (exact) mass is 387 g/mol. The maximum Gasteiger partial charge on any atom is 0.339 e. The van der Waals surface area contributed by atoms with E-state index < -0.39 is 11.9 Å². The van der Waals surface area contributed by atoms with Gasteiger partial charge in [-0.1, -0.05) is 41.9 Å². The minimum Gasteiger partial charge on any atom is -0.484 e. The summed E-state index contributed by atoms with van der Waals surface area (Å²) < 4.78 is 5.37. The molecule has 1 aromatic heterocycles. The molecule has 0 aliphatic heterocycles. The minimum atomic E-state index is -1.12. The highest BCUT2D eigenvalue weighted by Crippen LogP contribution is 2.36. The second-order valence-corrected chi connectivity index (χ2v) is 6.63. The summed E-state index contributed by atoms with van der Waals surface area (Å²) in [4.78, 5) is 24.4. The van der Waals surface area contributed by atoms with Crippen molar-refractivity contribution >= 4 is 40.5 Å². The number of carbonyl (C=O) groups excluding carboxylic acids is 1. The molecule has 0 aliphatic rings. The van der Waals surface area contributed by atoms with Gasteiger partial charge in [-0.25, -0.2) is 4.79 Å². The summed E-state index contributed by atoms with van der Waals surface area (Å²) in [6.07, 6.45) is 0. The SMILES string of the molecule is O=C(COc1ccccc1)Nc1csc(-c2ccc(Cl)cc2)c1C(=O)O. The summed E-state index contributed by atoms with van der Waals surface area (Å²) in [7, 11) is 0. The second-order valence-electron chi connectivity index (χ2n) is 5.32. The predicted molar refractivity (Wildman–Crippen MR) is 102 cm³/mol. The van der Waals surface area contributed by atoms with Crippen molar-refractivity contribution in [2.45, 2.75) is 0 Å².